The highest BCUT2D eigenvalue weighted by Gasteiger charge is 2.29. The summed E-state index contributed by atoms with van der Waals surface area (Å²) in [5.41, 5.74) is 9.24. The van der Waals surface area contributed by atoms with Crippen molar-refractivity contribution in [2.45, 2.75) is 39.3 Å². The van der Waals surface area contributed by atoms with Crippen LogP contribution in [0, 0.1) is 13.8 Å². The molecule has 3 aromatic rings. The Bertz CT molecular complexity index is 1200. The van der Waals surface area contributed by atoms with Crippen molar-refractivity contribution in [3.63, 3.8) is 0 Å². The van der Waals surface area contributed by atoms with E-state index >= 15 is 0 Å². The number of anilines is 2. The Kier molecular flexibility index (Phi) is 7.09. The number of hydrogen-bond acceptors (Lipinski definition) is 9. The van der Waals surface area contributed by atoms with E-state index in [0.717, 1.165) is 29.7 Å². The van der Waals surface area contributed by atoms with Crippen LogP contribution in [-0.4, -0.2) is 74.2 Å². The number of fused-ring (bicyclic) bond motifs is 1. The molecule has 0 aromatic carbocycles. The number of ether oxygens (including phenoxy) is 1. The monoisotopic (exact) mass is 464 g/mol. The standard InChI is InChI=1S/C24H32N8O2/c1-15-9-22(28-17(3)27-15)29-23-11-20-10-18(5-8-32(20)30-23)24(26-4)21(12-25)34-14-19-6-7-31(19)13-16(2)33/h5,8-12,16,19,33H,6-7,13-14,25H2,1-4H3,(H,27,28,29,30)/b21-12+,26-24?/t16-,19+/m0/s1. The summed E-state index contributed by atoms with van der Waals surface area (Å²) < 4.78 is 7.85. The van der Waals surface area contributed by atoms with Gasteiger partial charge in [-0.15, -0.1) is 0 Å². The summed E-state index contributed by atoms with van der Waals surface area (Å²) in [6.07, 6.45) is 4.01. The van der Waals surface area contributed by atoms with Crippen molar-refractivity contribution < 1.29 is 9.84 Å². The molecule has 34 heavy (non-hydrogen) atoms. The van der Waals surface area contributed by atoms with Crippen LogP contribution in [0.2, 0.25) is 0 Å². The first-order valence-corrected chi connectivity index (χ1v) is 11.4. The van der Waals surface area contributed by atoms with Crippen molar-refractivity contribution >= 4 is 22.9 Å². The second-order valence-electron chi connectivity index (χ2n) is 8.58. The molecular formula is C24H32N8O2. The van der Waals surface area contributed by atoms with E-state index in [-0.39, 0.29) is 12.1 Å². The van der Waals surface area contributed by atoms with Crippen LogP contribution in [-0.2, 0) is 4.74 Å². The fourth-order valence-electron chi connectivity index (χ4n) is 4.14. The van der Waals surface area contributed by atoms with E-state index in [9.17, 15) is 5.11 Å². The van der Waals surface area contributed by atoms with Crippen LogP contribution in [0.1, 0.15) is 30.4 Å². The summed E-state index contributed by atoms with van der Waals surface area (Å²) in [7, 11) is 1.72. The minimum atomic E-state index is -0.357. The molecule has 0 spiro atoms. The summed E-state index contributed by atoms with van der Waals surface area (Å²) in [5.74, 6) is 2.61. The van der Waals surface area contributed by atoms with Crippen molar-refractivity contribution in [3.8, 4) is 0 Å². The number of allylic oxidation sites excluding steroid dienone is 1. The zero-order valence-electron chi connectivity index (χ0n) is 20.1. The summed E-state index contributed by atoms with van der Waals surface area (Å²) in [6.45, 7) is 7.70. The molecule has 10 nitrogen and oxygen atoms in total. The number of aliphatic hydroxyl groups is 1. The van der Waals surface area contributed by atoms with Crippen LogP contribution < -0.4 is 11.1 Å². The van der Waals surface area contributed by atoms with E-state index in [1.165, 1.54) is 6.20 Å². The smallest absolute Gasteiger partial charge is 0.160 e. The maximum atomic E-state index is 9.65. The van der Waals surface area contributed by atoms with Crippen molar-refractivity contribution in [1.29, 1.82) is 0 Å². The topological polar surface area (TPSA) is 126 Å². The van der Waals surface area contributed by atoms with Gasteiger partial charge in [0.15, 0.2) is 11.6 Å². The fourth-order valence-corrected chi connectivity index (χ4v) is 4.14. The summed E-state index contributed by atoms with van der Waals surface area (Å²) >= 11 is 0. The largest absolute Gasteiger partial charge is 0.488 e. The van der Waals surface area contributed by atoms with Crippen LogP contribution in [0.5, 0.6) is 0 Å². The molecule has 1 aliphatic heterocycles. The highest BCUT2D eigenvalue weighted by Crippen LogP contribution is 2.22. The molecule has 1 aliphatic rings. The maximum Gasteiger partial charge on any atom is 0.160 e. The van der Waals surface area contributed by atoms with Gasteiger partial charge >= 0.3 is 0 Å². The highest BCUT2D eigenvalue weighted by atomic mass is 16.5. The van der Waals surface area contributed by atoms with Gasteiger partial charge in [-0.3, -0.25) is 9.89 Å². The Hall–Kier alpha value is -3.50. The number of nitrogens with one attached hydrogen (secondary N) is 1. The van der Waals surface area contributed by atoms with Crippen LogP contribution >= 0.6 is 0 Å². The Balaban J connectivity index is 1.48. The zero-order valence-corrected chi connectivity index (χ0v) is 20.1. The van der Waals surface area contributed by atoms with E-state index in [1.54, 1.807) is 18.5 Å². The molecule has 0 radical (unpaired) electrons. The zero-order chi connectivity index (χ0) is 24.2. The number of nitrogens with two attached hydrogens (primary N) is 1. The van der Waals surface area contributed by atoms with E-state index in [4.69, 9.17) is 10.5 Å². The lowest BCUT2D eigenvalue weighted by Gasteiger charge is -2.41. The molecule has 4 N–H and O–H groups in total. The Morgan fingerprint density at radius 3 is 2.79 bits per heavy atom. The minimum Gasteiger partial charge on any atom is -0.488 e. The average Bonchev–Trinajstić information content (AvgIpc) is 3.16. The molecule has 0 bridgehead atoms. The predicted octanol–water partition coefficient (Wildman–Crippen LogP) is 2.18. The quantitative estimate of drug-likeness (QED) is 0.325. The predicted molar refractivity (Wildman–Crippen MR) is 132 cm³/mol. The lowest BCUT2D eigenvalue weighted by Crippen LogP contribution is -2.52. The van der Waals surface area contributed by atoms with Gasteiger partial charge in [0.25, 0.3) is 0 Å². The second-order valence-corrected chi connectivity index (χ2v) is 8.58. The van der Waals surface area contributed by atoms with E-state index in [2.05, 4.69) is 30.3 Å². The van der Waals surface area contributed by atoms with Gasteiger partial charge in [-0.05, 0) is 39.3 Å². The molecule has 10 heteroatoms. The SMILES string of the molecule is CN=C(/C(=C\N)OC[C@H]1CCN1C[C@H](C)O)c1ccn2nc(Nc3cc(C)nc(C)n3)cc2c1. The lowest BCUT2D eigenvalue weighted by atomic mass is 10.0. The molecule has 2 atom stereocenters. The summed E-state index contributed by atoms with van der Waals surface area (Å²) in [6, 6.07) is 8.01. The van der Waals surface area contributed by atoms with E-state index in [1.807, 2.05) is 44.3 Å². The third-order valence-electron chi connectivity index (χ3n) is 5.76. The molecule has 180 valence electrons. The van der Waals surface area contributed by atoms with E-state index in [0.29, 0.717) is 42.1 Å². The Morgan fingerprint density at radius 2 is 2.15 bits per heavy atom. The molecule has 0 saturated carbocycles. The van der Waals surface area contributed by atoms with Gasteiger partial charge in [0.1, 0.15) is 24.0 Å². The van der Waals surface area contributed by atoms with Crippen LogP contribution in [0.15, 0.2) is 47.4 Å². The summed E-state index contributed by atoms with van der Waals surface area (Å²) in [4.78, 5) is 15.4. The van der Waals surface area contributed by atoms with Gasteiger partial charge < -0.3 is 20.9 Å². The number of rotatable bonds is 9. The molecule has 0 aliphatic carbocycles. The van der Waals surface area contributed by atoms with Gasteiger partial charge in [0, 0.05) is 62.0 Å². The highest BCUT2D eigenvalue weighted by molar-refractivity contribution is 6.11. The van der Waals surface area contributed by atoms with Gasteiger partial charge in [0.2, 0.25) is 0 Å². The van der Waals surface area contributed by atoms with Gasteiger partial charge in [-0.25, -0.2) is 14.5 Å². The second kappa shape index (κ2) is 10.2. The van der Waals surface area contributed by atoms with Gasteiger partial charge in [-0.1, -0.05) is 0 Å². The maximum absolute atomic E-state index is 9.65. The molecule has 3 aromatic heterocycles. The number of β-amino-alcohol motifs (C(OH)–C–C–N with tert-alkyl or cyclic N) is 1. The van der Waals surface area contributed by atoms with Gasteiger partial charge in [0.05, 0.1) is 11.6 Å². The number of nitrogens with zero attached hydrogens (tertiary/aromatic N) is 6. The van der Waals surface area contributed by atoms with Crippen molar-refractivity contribution in [2.75, 3.05) is 32.1 Å². The number of likely N-dealkylation sites (tertiary alicyclic amines) is 1. The Morgan fingerprint density at radius 1 is 1.32 bits per heavy atom. The van der Waals surface area contributed by atoms with Crippen LogP contribution in [0.3, 0.4) is 0 Å². The third-order valence-corrected chi connectivity index (χ3v) is 5.76. The van der Waals surface area contributed by atoms with Gasteiger partial charge in [-0.2, -0.15) is 5.10 Å². The number of aryl methyl sites for hydroxylation is 2. The van der Waals surface area contributed by atoms with Crippen molar-refractivity contribution in [2.24, 2.45) is 10.7 Å². The number of aliphatic hydroxyl groups excluding tert-OH is 1. The average molecular weight is 465 g/mol. The molecule has 0 amide bonds. The summed E-state index contributed by atoms with van der Waals surface area (Å²) in [5, 5.41) is 17.5. The molecule has 0 unspecified atom stereocenters. The third kappa shape index (κ3) is 5.35. The molecule has 4 heterocycles. The molecule has 1 fully saturated rings. The first kappa shape index (κ1) is 23.7. The number of hydrogen-bond donors (Lipinski definition) is 3. The van der Waals surface area contributed by atoms with Crippen LogP contribution in [0.4, 0.5) is 11.6 Å². The first-order valence-electron chi connectivity index (χ1n) is 11.4. The number of pyridine rings is 1. The normalized spacial score (nSPS) is 18.1. The molecule has 1 saturated heterocycles. The lowest BCUT2D eigenvalue weighted by molar-refractivity contribution is 0.00267. The fraction of sp³-hybridized carbons (Fsp3) is 0.417. The minimum absolute atomic E-state index is 0.266. The van der Waals surface area contributed by atoms with Crippen molar-refractivity contribution in [1.82, 2.24) is 24.5 Å². The number of aliphatic imine (C=N–C) groups is 1. The molecule has 4 rings (SSSR count). The van der Waals surface area contributed by atoms with Crippen LogP contribution in [0.25, 0.3) is 5.52 Å². The first-order chi connectivity index (χ1) is 16.4. The molecular weight excluding hydrogens is 432 g/mol. The van der Waals surface area contributed by atoms with Crippen molar-refractivity contribution in [3.05, 3.63) is 59.5 Å². The Labute approximate surface area is 199 Å². The number of aromatic nitrogens is 4. The van der Waals surface area contributed by atoms with E-state index < -0.39 is 0 Å².